The van der Waals surface area contributed by atoms with E-state index in [-0.39, 0.29) is 5.16 Å². The molecule has 0 saturated heterocycles. The Hall–Kier alpha value is -0.880. The van der Waals surface area contributed by atoms with E-state index in [0.717, 1.165) is 18.5 Å². The average molecular weight is 392 g/mol. The van der Waals surface area contributed by atoms with Gasteiger partial charge in [0.2, 0.25) is 0 Å². The molecule has 154 valence electrons. The van der Waals surface area contributed by atoms with Crippen LogP contribution in [0.25, 0.3) is 0 Å². The molecule has 0 unspecified atom stereocenters. The molecule has 0 aliphatic heterocycles. The van der Waals surface area contributed by atoms with Gasteiger partial charge in [0.25, 0.3) is 0 Å². The van der Waals surface area contributed by atoms with Gasteiger partial charge in [0.1, 0.15) is 0 Å². The number of anilines is 1. The Balaban J connectivity index is 2.32. The number of hydrogen-bond acceptors (Lipinski definition) is 1. The summed E-state index contributed by atoms with van der Waals surface area (Å²) in [6, 6.07) is 6.30. The standard InChI is InChI=1S/C24H42NOP/c1-6-9-17-27(18-10-7-2,19-11-8-3)24(15-16-24)23(26)25-22-20(4)13-12-14-21(22)5/h12-14,27H,6-11,15-19H2,1-5H3,(H,25,26). The fourth-order valence-electron chi connectivity index (χ4n) is 5.01. The number of para-hydroxylation sites is 1. The molecule has 1 amide bonds. The van der Waals surface area contributed by atoms with Gasteiger partial charge in [0.15, 0.2) is 0 Å². The predicted octanol–water partition coefficient (Wildman–Crippen LogP) is 6.92. The van der Waals surface area contributed by atoms with E-state index < -0.39 is 7.26 Å². The molecule has 1 aromatic rings. The molecule has 2 rings (SSSR count). The summed E-state index contributed by atoms with van der Waals surface area (Å²) >= 11 is 0. The first-order valence-corrected chi connectivity index (χ1v) is 14.0. The Morgan fingerprint density at radius 2 is 1.37 bits per heavy atom. The molecule has 3 heteroatoms. The normalized spacial score (nSPS) is 16.2. The molecular formula is C24H42NOP. The zero-order chi connectivity index (χ0) is 19.9. The summed E-state index contributed by atoms with van der Waals surface area (Å²) in [6.07, 6.45) is 14.0. The Morgan fingerprint density at radius 1 is 0.926 bits per heavy atom. The van der Waals surface area contributed by atoms with Crippen LogP contribution >= 0.6 is 7.26 Å². The first kappa shape index (κ1) is 22.4. The number of unbranched alkanes of at least 4 members (excludes halogenated alkanes) is 3. The molecule has 0 aromatic heterocycles. The molecule has 1 fully saturated rings. The van der Waals surface area contributed by atoms with Crippen molar-refractivity contribution in [1.29, 1.82) is 0 Å². The maximum atomic E-state index is 13.7. The van der Waals surface area contributed by atoms with Crippen LogP contribution in [0.4, 0.5) is 5.69 Å². The van der Waals surface area contributed by atoms with Crippen LogP contribution in [0.2, 0.25) is 0 Å². The summed E-state index contributed by atoms with van der Waals surface area (Å²) in [5.74, 6) is 0.356. The summed E-state index contributed by atoms with van der Waals surface area (Å²) in [6.45, 7) is 11.1. The number of nitrogens with one attached hydrogen (secondary N) is 1. The topological polar surface area (TPSA) is 29.1 Å². The summed E-state index contributed by atoms with van der Waals surface area (Å²) in [5.41, 5.74) is 3.42. The van der Waals surface area contributed by atoms with Crippen molar-refractivity contribution >= 4 is 18.9 Å². The minimum absolute atomic E-state index is 0.00122. The Bertz CT molecular complexity index is 579. The van der Waals surface area contributed by atoms with Gasteiger partial charge in [-0.1, -0.05) is 0 Å². The van der Waals surface area contributed by atoms with Crippen molar-refractivity contribution in [2.45, 2.75) is 91.1 Å². The molecule has 1 aliphatic carbocycles. The van der Waals surface area contributed by atoms with Gasteiger partial charge in [-0.3, -0.25) is 0 Å². The van der Waals surface area contributed by atoms with Crippen molar-refractivity contribution < 1.29 is 4.79 Å². The van der Waals surface area contributed by atoms with Crippen LogP contribution in [0, 0.1) is 13.8 Å². The van der Waals surface area contributed by atoms with Crippen molar-refractivity contribution in [3.63, 3.8) is 0 Å². The monoisotopic (exact) mass is 391 g/mol. The Kier molecular flexibility index (Phi) is 8.35. The minimum atomic E-state index is -1.64. The summed E-state index contributed by atoms with van der Waals surface area (Å²) in [7, 11) is -1.64. The van der Waals surface area contributed by atoms with Crippen molar-refractivity contribution in [3.05, 3.63) is 29.3 Å². The van der Waals surface area contributed by atoms with Gasteiger partial charge in [-0.05, 0) is 0 Å². The zero-order valence-electron chi connectivity index (χ0n) is 18.4. The fraction of sp³-hybridized carbons (Fsp3) is 0.708. The van der Waals surface area contributed by atoms with E-state index >= 15 is 0 Å². The fourth-order valence-corrected chi connectivity index (χ4v) is 12.0. The summed E-state index contributed by atoms with van der Waals surface area (Å²) in [4.78, 5) is 13.7. The first-order chi connectivity index (χ1) is 13.0. The van der Waals surface area contributed by atoms with Crippen LogP contribution in [0.15, 0.2) is 18.2 Å². The van der Waals surface area contributed by atoms with Crippen LogP contribution in [0.5, 0.6) is 0 Å². The third kappa shape index (κ3) is 4.94. The number of rotatable bonds is 12. The van der Waals surface area contributed by atoms with E-state index in [4.69, 9.17) is 0 Å². The quantitative estimate of drug-likeness (QED) is 0.385. The van der Waals surface area contributed by atoms with Gasteiger partial charge in [-0.15, -0.1) is 0 Å². The molecule has 2 nitrogen and oxygen atoms in total. The van der Waals surface area contributed by atoms with Gasteiger partial charge in [0.05, 0.1) is 0 Å². The number of amides is 1. The number of benzene rings is 1. The number of carbonyl (C=O) groups excluding carboxylic acids is 1. The third-order valence-corrected chi connectivity index (χ3v) is 13.6. The van der Waals surface area contributed by atoms with Crippen LogP contribution < -0.4 is 5.32 Å². The molecule has 0 spiro atoms. The number of carbonyl (C=O) groups is 1. The zero-order valence-corrected chi connectivity index (χ0v) is 19.4. The summed E-state index contributed by atoms with van der Waals surface area (Å²) in [5, 5.41) is 3.41. The summed E-state index contributed by atoms with van der Waals surface area (Å²) < 4.78 is 0. The maximum absolute atomic E-state index is 13.7. The molecular weight excluding hydrogens is 349 g/mol. The SMILES string of the molecule is CCCC[PH](CCCC)(CCCC)C1(C(=O)Nc2c(C)cccc2C)CC1. The third-order valence-electron chi connectivity index (χ3n) is 6.95. The molecule has 1 aromatic carbocycles. The van der Waals surface area contributed by atoms with Gasteiger partial charge >= 0.3 is 168 Å². The van der Waals surface area contributed by atoms with E-state index in [9.17, 15) is 4.79 Å². The second kappa shape index (κ2) is 10.1. The van der Waals surface area contributed by atoms with Crippen molar-refractivity contribution in [3.8, 4) is 0 Å². The molecule has 27 heavy (non-hydrogen) atoms. The molecule has 1 aliphatic rings. The van der Waals surface area contributed by atoms with Gasteiger partial charge in [0, 0.05) is 0 Å². The predicted molar refractivity (Wildman–Crippen MR) is 124 cm³/mol. The Labute approximate surface area is 168 Å². The molecule has 0 bridgehead atoms. The van der Waals surface area contributed by atoms with Gasteiger partial charge in [-0.2, -0.15) is 0 Å². The molecule has 0 atom stereocenters. The van der Waals surface area contributed by atoms with E-state index in [1.807, 2.05) is 0 Å². The van der Waals surface area contributed by atoms with Crippen LogP contribution in [0.3, 0.4) is 0 Å². The van der Waals surface area contributed by atoms with E-state index in [1.54, 1.807) is 0 Å². The second-order valence-corrected chi connectivity index (χ2v) is 13.9. The molecule has 1 N–H and O–H groups in total. The van der Waals surface area contributed by atoms with E-state index in [0.29, 0.717) is 5.91 Å². The van der Waals surface area contributed by atoms with Crippen LogP contribution in [-0.4, -0.2) is 29.5 Å². The van der Waals surface area contributed by atoms with Crippen molar-refractivity contribution in [1.82, 2.24) is 0 Å². The Morgan fingerprint density at radius 3 is 1.74 bits per heavy atom. The number of aryl methyl sites for hydroxylation is 2. The van der Waals surface area contributed by atoms with Gasteiger partial charge in [-0.25, -0.2) is 0 Å². The number of hydrogen-bond donors (Lipinski definition) is 1. The van der Waals surface area contributed by atoms with Crippen LogP contribution in [-0.2, 0) is 4.79 Å². The average Bonchev–Trinajstić information content (AvgIpc) is 3.47. The van der Waals surface area contributed by atoms with E-state index in [2.05, 4.69) is 58.1 Å². The van der Waals surface area contributed by atoms with E-state index in [1.165, 1.54) is 68.1 Å². The molecule has 1 saturated carbocycles. The molecule has 0 heterocycles. The van der Waals surface area contributed by atoms with Crippen molar-refractivity contribution in [2.75, 3.05) is 23.8 Å². The second-order valence-electron chi connectivity index (χ2n) is 8.89. The van der Waals surface area contributed by atoms with Crippen molar-refractivity contribution in [2.24, 2.45) is 0 Å². The first-order valence-electron chi connectivity index (χ1n) is 11.3. The van der Waals surface area contributed by atoms with Crippen LogP contribution in [0.1, 0.15) is 83.3 Å². The van der Waals surface area contributed by atoms with Gasteiger partial charge < -0.3 is 0 Å². The molecule has 0 radical (unpaired) electrons.